The van der Waals surface area contributed by atoms with Crippen LogP contribution in [0.15, 0.2) is 30.5 Å². The van der Waals surface area contributed by atoms with Crippen LogP contribution in [-0.2, 0) is 13.0 Å². The number of hydrogen-bond acceptors (Lipinski definition) is 8. The molecule has 0 spiro atoms. The summed E-state index contributed by atoms with van der Waals surface area (Å²) in [5, 5.41) is 0. The van der Waals surface area contributed by atoms with Gasteiger partial charge in [-0.15, -0.1) is 0 Å². The first-order valence-electron chi connectivity index (χ1n) is 11.7. The van der Waals surface area contributed by atoms with Crippen LogP contribution in [0.5, 0.6) is 0 Å². The lowest BCUT2D eigenvalue weighted by Gasteiger charge is -2.34. The molecule has 0 radical (unpaired) electrons. The van der Waals surface area contributed by atoms with Crippen molar-refractivity contribution >= 4 is 23.5 Å². The van der Waals surface area contributed by atoms with Crippen molar-refractivity contribution in [3.05, 3.63) is 58.7 Å². The maximum absolute atomic E-state index is 15.0. The first-order valence-corrected chi connectivity index (χ1v) is 11.7. The molecule has 182 valence electrons. The highest BCUT2D eigenvalue weighted by atomic mass is 19.1. The number of likely N-dealkylation sites (N-methyl/N-ethyl adjacent to an activating group) is 1. The quantitative estimate of drug-likeness (QED) is 0.587. The van der Waals surface area contributed by atoms with Crippen molar-refractivity contribution < 1.29 is 9.18 Å². The molecule has 1 amide bonds. The molecule has 0 atom stereocenters. The minimum atomic E-state index is -0.601. The molecule has 4 heterocycles. The summed E-state index contributed by atoms with van der Waals surface area (Å²) in [5.74, 6) is 0.941. The molecule has 3 aromatic rings. The minimum Gasteiger partial charge on any atom is -0.368 e. The third-order valence-electron chi connectivity index (χ3n) is 6.79. The van der Waals surface area contributed by atoms with E-state index in [9.17, 15) is 4.79 Å². The van der Waals surface area contributed by atoms with Gasteiger partial charge in [0.15, 0.2) is 0 Å². The second-order valence-corrected chi connectivity index (χ2v) is 9.26. The predicted molar refractivity (Wildman–Crippen MR) is 134 cm³/mol. The van der Waals surface area contributed by atoms with E-state index in [1.807, 2.05) is 12.1 Å². The average molecular weight is 477 g/mol. The second kappa shape index (κ2) is 9.10. The summed E-state index contributed by atoms with van der Waals surface area (Å²) in [4.78, 5) is 31.3. The third kappa shape index (κ3) is 4.61. The summed E-state index contributed by atoms with van der Waals surface area (Å²) in [5.41, 5.74) is 15.3. The van der Waals surface area contributed by atoms with E-state index < -0.39 is 5.91 Å². The summed E-state index contributed by atoms with van der Waals surface area (Å²) >= 11 is 0. The fourth-order valence-corrected chi connectivity index (χ4v) is 4.78. The number of halogens is 1. The number of carbonyl (C=O) groups excluding carboxylic acids is 1. The number of nitrogens with two attached hydrogens (primary N) is 2. The van der Waals surface area contributed by atoms with E-state index in [-0.39, 0.29) is 17.5 Å². The van der Waals surface area contributed by atoms with E-state index in [2.05, 4.69) is 36.7 Å². The zero-order valence-electron chi connectivity index (χ0n) is 20.0. The Balaban J connectivity index is 1.43. The number of pyridine rings is 1. The van der Waals surface area contributed by atoms with Crippen LogP contribution in [0.25, 0.3) is 11.1 Å². The van der Waals surface area contributed by atoms with E-state index in [4.69, 9.17) is 11.5 Å². The summed E-state index contributed by atoms with van der Waals surface area (Å²) in [6.45, 7) is 6.75. The monoisotopic (exact) mass is 476 g/mol. The van der Waals surface area contributed by atoms with Crippen LogP contribution in [0.4, 0.5) is 22.0 Å². The van der Waals surface area contributed by atoms with E-state index in [1.165, 1.54) is 6.20 Å². The van der Waals surface area contributed by atoms with Crippen molar-refractivity contribution in [2.24, 2.45) is 5.73 Å². The van der Waals surface area contributed by atoms with Gasteiger partial charge in [0.05, 0.1) is 0 Å². The highest BCUT2D eigenvalue weighted by molar-refractivity contribution is 5.92. The number of aromatic nitrogens is 3. The molecule has 4 N–H and O–H groups in total. The maximum Gasteiger partial charge on any atom is 0.267 e. The van der Waals surface area contributed by atoms with E-state index >= 15 is 4.39 Å². The summed E-state index contributed by atoms with van der Waals surface area (Å²) in [6, 6.07) is 7.20. The van der Waals surface area contributed by atoms with Crippen molar-refractivity contribution in [2.75, 3.05) is 55.3 Å². The SMILES string of the molecule is Cc1cc(-c2cc3c(cc2F)CCN(c2cc(N4CCN(C)CC4)nc(N)n2)C3)cnc1C(N)=O. The number of piperazine rings is 1. The predicted octanol–water partition coefficient (Wildman–Crippen LogP) is 1.98. The molecular formula is C25H29FN8O. The molecule has 0 bridgehead atoms. The van der Waals surface area contributed by atoms with Crippen LogP contribution in [0.3, 0.4) is 0 Å². The van der Waals surface area contributed by atoms with Crippen molar-refractivity contribution in [2.45, 2.75) is 19.9 Å². The molecule has 0 aliphatic carbocycles. The van der Waals surface area contributed by atoms with E-state index in [1.54, 1.807) is 19.1 Å². The lowest BCUT2D eigenvalue weighted by Crippen LogP contribution is -2.45. The van der Waals surface area contributed by atoms with Crippen LogP contribution in [0.2, 0.25) is 0 Å². The number of hydrogen-bond donors (Lipinski definition) is 2. The van der Waals surface area contributed by atoms with Gasteiger partial charge in [0.2, 0.25) is 5.95 Å². The van der Waals surface area contributed by atoms with Crippen molar-refractivity contribution in [3.8, 4) is 11.1 Å². The second-order valence-electron chi connectivity index (χ2n) is 9.26. The number of anilines is 3. The molecule has 2 aromatic heterocycles. The Morgan fingerprint density at radius 3 is 2.37 bits per heavy atom. The van der Waals surface area contributed by atoms with Crippen molar-refractivity contribution in [1.82, 2.24) is 19.9 Å². The van der Waals surface area contributed by atoms with Gasteiger partial charge < -0.3 is 26.2 Å². The van der Waals surface area contributed by atoms with Gasteiger partial charge in [-0.1, -0.05) is 0 Å². The molecule has 9 nitrogen and oxygen atoms in total. The molecule has 5 rings (SSSR count). The molecule has 10 heteroatoms. The number of benzene rings is 1. The topological polar surface area (TPSA) is 118 Å². The van der Waals surface area contributed by atoms with Gasteiger partial charge in [0.25, 0.3) is 5.91 Å². The fraction of sp³-hybridized carbons (Fsp3) is 0.360. The normalized spacial score (nSPS) is 16.3. The van der Waals surface area contributed by atoms with Crippen molar-refractivity contribution in [1.29, 1.82) is 0 Å². The van der Waals surface area contributed by atoms with Crippen LogP contribution in [0, 0.1) is 12.7 Å². The molecule has 2 aliphatic heterocycles. The average Bonchev–Trinajstić information content (AvgIpc) is 2.83. The molecule has 0 saturated carbocycles. The molecule has 1 aromatic carbocycles. The number of nitrogen functional groups attached to an aromatic ring is 1. The number of primary amides is 1. The highest BCUT2D eigenvalue weighted by Crippen LogP contribution is 2.32. The fourth-order valence-electron chi connectivity index (χ4n) is 4.78. The van der Waals surface area contributed by atoms with Gasteiger partial charge in [-0.2, -0.15) is 9.97 Å². The maximum atomic E-state index is 15.0. The molecule has 1 fully saturated rings. The largest absolute Gasteiger partial charge is 0.368 e. The number of aryl methyl sites for hydroxylation is 1. The van der Waals surface area contributed by atoms with Crippen LogP contribution < -0.4 is 21.3 Å². The van der Waals surface area contributed by atoms with Gasteiger partial charge in [-0.25, -0.2) is 4.39 Å². The van der Waals surface area contributed by atoms with Crippen LogP contribution in [0.1, 0.15) is 27.2 Å². The van der Waals surface area contributed by atoms with Gasteiger partial charge >= 0.3 is 0 Å². The van der Waals surface area contributed by atoms with Crippen molar-refractivity contribution in [3.63, 3.8) is 0 Å². The van der Waals surface area contributed by atoms with Gasteiger partial charge in [-0.3, -0.25) is 9.78 Å². The highest BCUT2D eigenvalue weighted by Gasteiger charge is 2.23. The number of fused-ring (bicyclic) bond motifs is 1. The Morgan fingerprint density at radius 1 is 0.971 bits per heavy atom. The van der Waals surface area contributed by atoms with Gasteiger partial charge in [0.1, 0.15) is 23.1 Å². The number of nitrogens with zero attached hydrogens (tertiary/aromatic N) is 6. The molecule has 0 unspecified atom stereocenters. The van der Waals surface area contributed by atoms with E-state index in [0.29, 0.717) is 36.2 Å². The van der Waals surface area contributed by atoms with Crippen LogP contribution >= 0.6 is 0 Å². The van der Waals surface area contributed by atoms with Gasteiger partial charge in [-0.05, 0) is 55.3 Å². The summed E-state index contributed by atoms with van der Waals surface area (Å²) in [7, 11) is 2.11. The third-order valence-corrected chi connectivity index (χ3v) is 6.79. The molecular weight excluding hydrogens is 447 g/mol. The Hall–Kier alpha value is -3.79. The molecule has 35 heavy (non-hydrogen) atoms. The Labute approximate surface area is 203 Å². The minimum absolute atomic E-state index is 0.191. The standard InChI is InChI=1S/C25H29FN8O/c1-15-9-17(13-29-23(15)24(27)35)19-10-18-14-34(4-3-16(18)11-20(19)26)22-12-21(30-25(28)31-22)33-7-5-32(2)6-8-33/h9-13H,3-8,14H2,1-2H3,(H2,27,35)(H2,28,30,31). The number of rotatable bonds is 4. The zero-order chi connectivity index (χ0) is 24.7. The van der Waals surface area contributed by atoms with E-state index in [0.717, 1.165) is 48.9 Å². The first kappa shape index (κ1) is 23.0. The lowest BCUT2D eigenvalue weighted by atomic mass is 9.94. The Bertz CT molecular complexity index is 1290. The zero-order valence-corrected chi connectivity index (χ0v) is 20.0. The van der Waals surface area contributed by atoms with Crippen LogP contribution in [-0.4, -0.2) is 65.5 Å². The summed E-state index contributed by atoms with van der Waals surface area (Å²) in [6.07, 6.45) is 2.18. The lowest BCUT2D eigenvalue weighted by molar-refractivity contribution is 0.0995. The number of amides is 1. The Morgan fingerprint density at radius 2 is 1.69 bits per heavy atom. The Kier molecular flexibility index (Phi) is 5.98. The molecule has 2 aliphatic rings. The summed E-state index contributed by atoms with van der Waals surface area (Å²) < 4.78 is 15.0. The first-order chi connectivity index (χ1) is 16.8. The smallest absolute Gasteiger partial charge is 0.267 e. The molecule has 1 saturated heterocycles. The number of carbonyl (C=O) groups is 1. The van der Waals surface area contributed by atoms with Gasteiger partial charge in [0, 0.05) is 62.7 Å².